The van der Waals surface area contributed by atoms with Gasteiger partial charge in [-0.3, -0.25) is 13.6 Å². The molecule has 1 aliphatic carbocycles. The highest BCUT2D eigenvalue weighted by Crippen LogP contribution is 2.35. The smallest absolute Gasteiger partial charge is 0.253 e. The molecule has 3 aromatic rings. The van der Waals surface area contributed by atoms with Gasteiger partial charge in [0, 0.05) is 29.6 Å². The summed E-state index contributed by atoms with van der Waals surface area (Å²) >= 11 is 2.84. The second-order valence-electron chi connectivity index (χ2n) is 7.84. The minimum atomic E-state index is -0.321. The van der Waals surface area contributed by atoms with E-state index in [0.717, 1.165) is 36.9 Å². The Morgan fingerprint density at radius 2 is 2.06 bits per heavy atom. The number of rotatable bonds is 7. The van der Waals surface area contributed by atoms with Gasteiger partial charge in [-0.15, -0.1) is 11.3 Å². The first-order chi connectivity index (χ1) is 15.5. The van der Waals surface area contributed by atoms with Gasteiger partial charge in [0.15, 0.2) is 5.13 Å². The highest BCUT2D eigenvalue weighted by molar-refractivity contribution is 7.97. The average molecular weight is 471 g/mol. The van der Waals surface area contributed by atoms with Crippen molar-refractivity contribution in [2.24, 2.45) is 0 Å². The highest BCUT2D eigenvalue weighted by Gasteiger charge is 2.21. The maximum absolute atomic E-state index is 12.3. The van der Waals surface area contributed by atoms with Crippen molar-refractivity contribution in [3.8, 4) is 11.3 Å². The topological polar surface area (TPSA) is 96.3 Å². The van der Waals surface area contributed by atoms with Crippen LogP contribution >= 0.6 is 23.3 Å². The Bertz CT molecular complexity index is 1090. The van der Waals surface area contributed by atoms with Crippen molar-refractivity contribution in [1.82, 2.24) is 14.3 Å². The summed E-state index contributed by atoms with van der Waals surface area (Å²) in [4.78, 5) is 29.0. The summed E-state index contributed by atoms with van der Waals surface area (Å²) in [6.07, 6.45) is 8.95. The van der Waals surface area contributed by atoms with Gasteiger partial charge < -0.3 is 15.7 Å². The molecule has 1 saturated carbocycles. The molecule has 168 valence electrons. The van der Waals surface area contributed by atoms with E-state index < -0.39 is 0 Å². The molecule has 0 saturated heterocycles. The van der Waals surface area contributed by atoms with E-state index in [-0.39, 0.29) is 24.5 Å². The summed E-state index contributed by atoms with van der Waals surface area (Å²) < 4.78 is 1.82. The fourth-order valence-corrected chi connectivity index (χ4v) is 5.01. The van der Waals surface area contributed by atoms with E-state index in [9.17, 15) is 14.7 Å². The number of carbonyl (C=O) groups excluding carboxylic acids is 2. The lowest BCUT2D eigenvalue weighted by Crippen LogP contribution is -2.32. The third-order valence-corrected chi connectivity index (χ3v) is 7.06. The first-order valence-corrected chi connectivity index (χ1v) is 12.6. The molecule has 1 fully saturated rings. The zero-order valence-electron chi connectivity index (χ0n) is 17.8. The van der Waals surface area contributed by atoms with Crippen LogP contribution in [0.4, 0.5) is 5.13 Å². The molecule has 0 aliphatic heterocycles. The summed E-state index contributed by atoms with van der Waals surface area (Å²) in [6.45, 7) is -0.124. The number of hydrogen-bond acceptors (Lipinski definition) is 6. The normalized spacial score (nSPS) is 18.3. The van der Waals surface area contributed by atoms with Crippen LogP contribution in [-0.2, 0) is 4.79 Å². The third kappa shape index (κ3) is 5.59. The number of carbonyl (C=O) groups is 2. The first-order valence-electron chi connectivity index (χ1n) is 10.6. The van der Waals surface area contributed by atoms with Gasteiger partial charge in [0.2, 0.25) is 5.91 Å². The number of aliphatic hydroxyl groups excluding tert-OH is 1. The Hall–Kier alpha value is -2.62. The molecule has 1 aromatic carbocycles. The molecule has 0 unspecified atom stereocenters. The number of hydrogen-bond donors (Lipinski definition) is 3. The van der Waals surface area contributed by atoms with Crippen molar-refractivity contribution >= 4 is 40.2 Å². The van der Waals surface area contributed by atoms with E-state index in [0.29, 0.717) is 16.6 Å². The number of thiazole rings is 1. The molecule has 3 N–H and O–H groups in total. The minimum Gasteiger partial charge on any atom is -0.393 e. The van der Waals surface area contributed by atoms with Crippen molar-refractivity contribution in [3.63, 3.8) is 0 Å². The molecule has 0 atom stereocenters. The summed E-state index contributed by atoms with van der Waals surface area (Å²) in [7, 11) is 0. The van der Waals surface area contributed by atoms with Gasteiger partial charge in [0.25, 0.3) is 5.91 Å². The van der Waals surface area contributed by atoms with Crippen LogP contribution < -0.4 is 10.6 Å². The van der Waals surface area contributed by atoms with Crippen LogP contribution in [-0.4, -0.2) is 44.8 Å². The van der Waals surface area contributed by atoms with Crippen LogP contribution in [0.1, 0.15) is 47.5 Å². The number of aliphatic hydroxyl groups is 1. The van der Waals surface area contributed by atoms with Crippen molar-refractivity contribution in [3.05, 3.63) is 59.2 Å². The largest absolute Gasteiger partial charge is 0.393 e. The van der Waals surface area contributed by atoms with Crippen LogP contribution in [0, 0.1) is 0 Å². The van der Waals surface area contributed by atoms with Crippen molar-refractivity contribution in [1.29, 1.82) is 0 Å². The molecule has 7 nitrogen and oxygen atoms in total. The molecule has 2 heterocycles. The molecule has 2 amide bonds. The monoisotopic (exact) mass is 470 g/mol. The zero-order chi connectivity index (χ0) is 22.5. The fourth-order valence-electron chi connectivity index (χ4n) is 3.88. The molecule has 9 heteroatoms. The van der Waals surface area contributed by atoms with Gasteiger partial charge in [-0.1, -0.05) is 18.2 Å². The molecule has 32 heavy (non-hydrogen) atoms. The third-order valence-electron chi connectivity index (χ3n) is 5.65. The molecule has 0 spiro atoms. The van der Waals surface area contributed by atoms with E-state index in [1.54, 1.807) is 18.5 Å². The maximum Gasteiger partial charge on any atom is 0.253 e. The van der Waals surface area contributed by atoms with Crippen LogP contribution in [0.3, 0.4) is 0 Å². The van der Waals surface area contributed by atoms with E-state index in [2.05, 4.69) is 27.8 Å². The quantitative estimate of drug-likeness (QED) is 0.483. The lowest BCUT2D eigenvalue weighted by molar-refractivity contribution is -0.115. The second-order valence-corrected chi connectivity index (χ2v) is 9.49. The van der Waals surface area contributed by atoms with E-state index in [4.69, 9.17) is 0 Å². The van der Waals surface area contributed by atoms with Crippen molar-refractivity contribution < 1.29 is 14.7 Å². The van der Waals surface area contributed by atoms with Crippen LogP contribution in [0.25, 0.3) is 11.3 Å². The average Bonchev–Trinajstić information content (AvgIpc) is 3.48. The Balaban J connectivity index is 1.33. The Morgan fingerprint density at radius 3 is 2.81 bits per heavy atom. The molecule has 4 rings (SSSR count). The minimum absolute atomic E-state index is 0.124. The molecule has 2 aromatic heterocycles. The molecular weight excluding hydrogens is 444 g/mol. The van der Waals surface area contributed by atoms with Crippen LogP contribution in [0.5, 0.6) is 0 Å². The number of nitrogens with one attached hydrogen (secondary N) is 2. The summed E-state index contributed by atoms with van der Waals surface area (Å²) in [6, 6.07) is 10.1. The predicted molar refractivity (Wildman–Crippen MR) is 129 cm³/mol. The number of benzene rings is 1. The van der Waals surface area contributed by atoms with E-state index >= 15 is 0 Å². The van der Waals surface area contributed by atoms with Crippen LogP contribution in [0.15, 0.2) is 48.1 Å². The van der Waals surface area contributed by atoms with Crippen LogP contribution in [0.2, 0.25) is 0 Å². The van der Waals surface area contributed by atoms with E-state index in [1.165, 1.54) is 28.8 Å². The zero-order valence-corrected chi connectivity index (χ0v) is 19.4. The van der Waals surface area contributed by atoms with Gasteiger partial charge >= 0.3 is 0 Å². The molecular formula is C23H26N4O3S2. The molecule has 1 aliphatic rings. The SMILES string of the molecule is CSn1ccc(C(=O)NCC(=O)Nc2nc(-c3cccc(C4CCC(O)CC4)c3)cs2)c1. The lowest BCUT2D eigenvalue weighted by Gasteiger charge is -2.25. The first kappa shape index (κ1) is 22.6. The van der Waals surface area contributed by atoms with Crippen molar-refractivity contribution in [2.45, 2.75) is 37.7 Å². The summed E-state index contributed by atoms with van der Waals surface area (Å²) in [5.74, 6) is -0.148. The maximum atomic E-state index is 12.3. The van der Waals surface area contributed by atoms with Gasteiger partial charge in [-0.25, -0.2) is 4.98 Å². The van der Waals surface area contributed by atoms with Crippen molar-refractivity contribution in [2.75, 3.05) is 18.1 Å². The Morgan fingerprint density at radius 1 is 1.25 bits per heavy atom. The lowest BCUT2D eigenvalue weighted by atomic mass is 9.82. The van der Waals surface area contributed by atoms with E-state index in [1.807, 2.05) is 27.7 Å². The Kier molecular flexibility index (Phi) is 7.29. The number of aromatic nitrogens is 2. The number of nitrogens with zero attached hydrogens (tertiary/aromatic N) is 2. The number of anilines is 1. The Labute approximate surface area is 195 Å². The fraction of sp³-hybridized carbons (Fsp3) is 0.348. The van der Waals surface area contributed by atoms with Gasteiger partial charge in [-0.05, 0) is 61.2 Å². The highest BCUT2D eigenvalue weighted by atomic mass is 32.2. The molecule has 0 radical (unpaired) electrons. The number of amides is 2. The predicted octanol–water partition coefficient (Wildman–Crippen LogP) is 4.12. The molecule has 0 bridgehead atoms. The van der Waals surface area contributed by atoms with Gasteiger partial charge in [-0.2, -0.15) is 0 Å². The van der Waals surface area contributed by atoms with Gasteiger partial charge in [0.05, 0.1) is 23.9 Å². The second kappa shape index (κ2) is 10.3. The summed E-state index contributed by atoms with van der Waals surface area (Å²) in [5.41, 5.74) is 3.60. The van der Waals surface area contributed by atoms with Gasteiger partial charge in [0.1, 0.15) is 0 Å². The standard InChI is InChI=1S/C23H26N4O3S2/c1-31-27-10-9-18(13-27)22(30)24-12-21(29)26-23-25-20(14-32-23)17-4-2-3-16(11-17)15-5-7-19(28)8-6-15/h2-4,9-11,13-15,19,28H,5-8,12H2,1H3,(H,24,30)(H,25,26,29). The summed E-state index contributed by atoms with van der Waals surface area (Å²) in [5, 5.41) is 17.6.